The SMILES string of the molecule is C[C@H]1CN(C(=O)COc2cccc(F)c2)CCO1. The van der Waals surface area contributed by atoms with E-state index in [1.54, 1.807) is 17.0 Å². The third-order valence-electron chi connectivity index (χ3n) is 2.75. The molecule has 0 N–H and O–H groups in total. The van der Waals surface area contributed by atoms with Gasteiger partial charge in [0, 0.05) is 19.2 Å². The van der Waals surface area contributed by atoms with Crippen LogP contribution in [0.15, 0.2) is 24.3 Å². The summed E-state index contributed by atoms with van der Waals surface area (Å²) >= 11 is 0. The fourth-order valence-corrected chi connectivity index (χ4v) is 1.84. The molecule has 18 heavy (non-hydrogen) atoms. The first-order valence-electron chi connectivity index (χ1n) is 5.93. The topological polar surface area (TPSA) is 38.8 Å². The second kappa shape index (κ2) is 5.82. The van der Waals surface area contributed by atoms with Gasteiger partial charge < -0.3 is 14.4 Å². The maximum absolute atomic E-state index is 12.9. The number of amides is 1. The highest BCUT2D eigenvalue weighted by atomic mass is 19.1. The lowest BCUT2D eigenvalue weighted by atomic mass is 10.3. The van der Waals surface area contributed by atoms with E-state index in [1.807, 2.05) is 6.92 Å². The van der Waals surface area contributed by atoms with E-state index in [1.165, 1.54) is 12.1 Å². The summed E-state index contributed by atoms with van der Waals surface area (Å²) in [5, 5.41) is 0. The number of nitrogens with zero attached hydrogens (tertiary/aromatic N) is 1. The number of carbonyl (C=O) groups excluding carboxylic acids is 1. The van der Waals surface area contributed by atoms with Gasteiger partial charge in [-0.05, 0) is 19.1 Å². The van der Waals surface area contributed by atoms with Gasteiger partial charge in [0.2, 0.25) is 0 Å². The zero-order valence-electron chi connectivity index (χ0n) is 10.3. The summed E-state index contributed by atoms with van der Waals surface area (Å²) in [5.74, 6) is -0.112. The zero-order chi connectivity index (χ0) is 13.0. The predicted octanol–water partition coefficient (Wildman–Crippen LogP) is 1.45. The van der Waals surface area contributed by atoms with Crippen molar-refractivity contribution >= 4 is 5.91 Å². The van der Waals surface area contributed by atoms with Gasteiger partial charge in [0.25, 0.3) is 5.91 Å². The van der Waals surface area contributed by atoms with Crippen LogP contribution in [0.25, 0.3) is 0 Å². The third kappa shape index (κ3) is 3.43. The van der Waals surface area contributed by atoms with E-state index in [9.17, 15) is 9.18 Å². The van der Waals surface area contributed by atoms with Crippen LogP contribution in [-0.2, 0) is 9.53 Å². The third-order valence-corrected chi connectivity index (χ3v) is 2.75. The standard InChI is InChI=1S/C13H16FNO3/c1-10-8-15(5-6-17-10)13(16)9-18-12-4-2-3-11(14)7-12/h2-4,7,10H,5-6,8-9H2,1H3/t10-/m0/s1. The fraction of sp³-hybridized carbons (Fsp3) is 0.462. The van der Waals surface area contributed by atoms with Crippen molar-refractivity contribution < 1.29 is 18.7 Å². The number of ether oxygens (including phenoxy) is 2. The molecule has 98 valence electrons. The van der Waals surface area contributed by atoms with Gasteiger partial charge in [-0.15, -0.1) is 0 Å². The Bertz CT molecular complexity index is 424. The van der Waals surface area contributed by atoms with Crippen molar-refractivity contribution in [3.05, 3.63) is 30.1 Å². The van der Waals surface area contributed by atoms with Gasteiger partial charge >= 0.3 is 0 Å². The van der Waals surface area contributed by atoms with Gasteiger partial charge in [-0.3, -0.25) is 4.79 Å². The average Bonchev–Trinajstić information content (AvgIpc) is 2.36. The summed E-state index contributed by atoms with van der Waals surface area (Å²) < 4.78 is 23.5. The molecule has 1 heterocycles. The highest BCUT2D eigenvalue weighted by Crippen LogP contribution is 2.12. The lowest BCUT2D eigenvalue weighted by Gasteiger charge is -2.31. The molecule has 0 unspecified atom stereocenters. The molecule has 0 aromatic heterocycles. The number of carbonyl (C=O) groups is 1. The van der Waals surface area contributed by atoms with Crippen LogP contribution in [0.4, 0.5) is 4.39 Å². The van der Waals surface area contributed by atoms with E-state index in [0.717, 1.165) is 0 Å². The summed E-state index contributed by atoms with van der Waals surface area (Å²) in [4.78, 5) is 13.6. The molecule has 5 heteroatoms. The van der Waals surface area contributed by atoms with Crippen molar-refractivity contribution in [1.29, 1.82) is 0 Å². The van der Waals surface area contributed by atoms with Crippen LogP contribution in [0.5, 0.6) is 5.75 Å². The monoisotopic (exact) mass is 253 g/mol. The van der Waals surface area contributed by atoms with Crippen LogP contribution in [0, 0.1) is 5.82 Å². The maximum atomic E-state index is 12.9. The lowest BCUT2D eigenvalue weighted by Crippen LogP contribution is -2.46. The fourth-order valence-electron chi connectivity index (χ4n) is 1.84. The summed E-state index contributed by atoms with van der Waals surface area (Å²) in [6.45, 7) is 3.55. The summed E-state index contributed by atoms with van der Waals surface area (Å²) in [6.07, 6.45) is 0.0527. The summed E-state index contributed by atoms with van der Waals surface area (Å²) in [5.41, 5.74) is 0. The molecule has 1 atom stereocenters. The average molecular weight is 253 g/mol. The second-order valence-electron chi connectivity index (χ2n) is 4.27. The quantitative estimate of drug-likeness (QED) is 0.818. The zero-order valence-corrected chi connectivity index (χ0v) is 10.3. The normalized spacial score (nSPS) is 19.7. The van der Waals surface area contributed by atoms with Gasteiger partial charge in [0.15, 0.2) is 6.61 Å². The van der Waals surface area contributed by atoms with Crippen molar-refractivity contribution in [2.75, 3.05) is 26.3 Å². The first kappa shape index (κ1) is 12.8. The molecule has 0 radical (unpaired) electrons. The summed E-state index contributed by atoms with van der Waals surface area (Å²) in [6, 6.07) is 5.76. The molecule has 0 saturated carbocycles. The molecule has 2 rings (SSSR count). The van der Waals surface area contributed by atoms with Gasteiger partial charge in [-0.2, -0.15) is 0 Å². The van der Waals surface area contributed by atoms with Crippen molar-refractivity contribution in [3.63, 3.8) is 0 Å². The number of benzene rings is 1. The van der Waals surface area contributed by atoms with Gasteiger partial charge in [0.1, 0.15) is 11.6 Å². The van der Waals surface area contributed by atoms with Crippen molar-refractivity contribution in [2.24, 2.45) is 0 Å². The molecular weight excluding hydrogens is 237 g/mol. The minimum absolute atomic E-state index is 0.0527. The van der Waals surface area contributed by atoms with Crippen LogP contribution in [0.1, 0.15) is 6.92 Å². The highest BCUT2D eigenvalue weighted by molar-refractivity contribution is 5.77. The van der Waals surface area contributed by atoms with Crippen molar-refractivity contribution in [2.45, 2.75) is 13.0 Å². The Labute approximate surface area is 105 Å². The Balaban J connectivity index is 1.84. The van der Waals surface area contributed by atoms with E-state index in [2.05, 4.69) is 0 Å². The first-order chi connectivity index (χ1) is 8.65. The predicted molar refractivity (Wildman–Crippen MR) is 63.9 cm³/mol. The van der Waals surface area contributed by atoms with E-state index >= 15 is 0 Å². The van der Waals surface area contributed by atoms with E-state index in [4.69, 9.17) is 9.47 Å². The van der Waals surface area contributed by atoms with Gasteiger partial charge in [0.05, 0.1) is 12.7 Å². The van der Waals surface area contributed by atoms with Crippen LogP contribution in [0.3, 0.4) is 0 Å². The Morgan fingerprint density at radius 3 is 3.17 bits per heavy atom. The van der Waals surface area contributed by atoms with Gasteiger partial charge in [-0.1, -0.05) is 6.07 Å². The molecule has 1 aliphatic heterocycles. The molecule has 1 aromatic carbocycles. The van der Waals surface area contributed by atoms with Crippen LogP contribution in [-0.4, -0.2) is 43.2 Å². The largest absolute Gasteiger partial charge is 0.484 e. The maximum Gasteiger partial charge on any atom is 0.260 e. The Morgan fingerprint density at radius 2 is 2.44 bits per heavy atom. The number of rotatable bonds is 3. The smallest absolute Gasteiger partial charge is 0.260 e. The summed E-state index contributed by atoms with van der Waals surface area (Å²) in [7, 11) is 0. The minimum Gasteiger partial charge on any atom is -0.484 e. The molecule has 0 aliphatic carbocycles. The van der Waals surface area contributed by atoms with Gasteiger partial charge in [-0.25, -0.2) is 4.39 Å². The van der Waals surface area contributed by atoms with E-state index in [-0.39, 0.29) is 24.4 Å². The molecule has 1 amide bonds. The highest BCUT2D eigenvalue weighted by Gasteiger charge is 2.21. The molecule has 1 saturated heterocycles. The van der Waals surface area contributed by atoms with Crippen molar-refractivity contribution in [3.8, 4) is 5.75 Å². The molecule has 0 spiro atoms. The molecule has 0 bridgehead atoms. The number of hydrogen-bond acceptors (Lipinski definition) is 3. The van der Waals surface area contributed by atoms with E-state index in [0.29, 0.717) is 25.4 Å². The van der Waals surface area contributed by atoms with Crippen LogP contribution in [0.2, 0.25) is 0 Å². The number of hydrogen-bond donors (Lipinski definition) is 0. The number of halogens is 1. The Morgan fingerprint density at radius 1 is 1.61 bits per heavy atom. The van der Waals surface area contributed by atoms with Crippen molar-refractivity contribution in [1.82, 2.24) is 4.90 Å². The number of morpholine rings is 1. The van der Waals surface area contributed by atoms with Crippen LogP contribution >= 0.6 is 0 Å². The Hall–Kier alpha value is -1.62. The first-order valence-corrected chi connectivity index (χ1v) is 5.93. The molecule has 4 nitrogen and oxygen atoms in total. The van der Waals surface area contributed by atoms with E-state index < -0.39 is 0 Å². The Kier molecular flexibility index (Phi) is 4.15. The second-order valence-corrected chi connectivity index (χ2v) is 4.27. The molecule has 1 fully saturated rings. The molecule has 1 aromatic rings. The molecule has 1 aliphatic rings. The minimum atomic E-state index is -0.375. The molecular formula is C13H16FNO3. The lowest BCUT2D eigenvalue weighted by molar-refractivity contribution is -0.140. The van der Waals surface area contributed by atoms with Crippen LogP contribution < -0.4 is 4.74 Å².